The molecule has 0 heterocycles. The molecular weight excluding hydrogens is 335 g/mol. The van der Waals surface area contributed by atoms with Crippen LogP contribution in [0.3, 0.4) is 0 Å². The smallest absolute Gasteiger partial charge is 0.230 e. The van der Waals surface area contributed by atoms with Crippen LogP contribution in [0.2, 0.25) is 0 Å². The van der Waals surface area contributed by atoms with E-state index in [2.05, 4.69) is 4.99 Å². The summed E-state index contributed by atoms with van der Waals surface area (Å²) in [7, 11) is 0. The van der Waals surface area contributed by atoms with Gasteiger partial charge in [0.15, 0.2) is 5.17 Å². The molecule has 7 heteroatoms. The fourth-order valence-corrected chi connectivity index (χ4v) is 1.65. The molecule has 0 aliphatic carbocycles. The van der Waals surface area contributed by atoms with Crippen LogP contribution in [-0.4, -0.2) is 8.96 Å². The summed E-state index contributed by atoms with van der Waals surface area (Å²) in [5.41, 5.74) is 0.533. The molecule has 1 rings (SSSR count). The molecule has 0 aromatic heterocycles. The summed E-state index contributed by atoms with van der Waals surface area (Å²) < 4.78 is -3.42. The Labute approximate surface area is 123 Å². The van der Waals surface area contributed by atoms with E-state index >= 15 is 0 Å². The molecule has 0 saturated heterocycles. The number of rotatable bonds is 2. The molecule has 0 bridgehead atoms. The number of alkyl halides is 5. The quantitative estimate of drug-likeness (QED) is 0.395. The van der Waals surface area contributed by atoms with Crippen LogP contribution in [0.15, 0.2) is 35.3 Å². The molecule has 0 atom stereocenters. The van der Waals surface area contributed by atoms with Gasteiger partial charge in [-0.2, -0.15) is 0 Å². The summed E-state index contributed by atoms with van der Waals surface area (Å²) in [6, 6.07) is 8.70. The van der Waals surface area contributed by atoms with Crippen molar-refractivity contribution in [3.05, 3.63) is 35.9 Å². The van der Waals surface area contributed by atoms with E-state index in [1.54, 1.807) is 24.3 Å². The van der Waals surface area contributed by atoms with Crippen molar-refractivity contribution < 1.29 is 0 Å². The predicted molar refractivity (Wildman–Crippen MR) is 73.4 cm³/mol. The Morgan fingerprint density at radius 2 is 1.44 bits per heavy atom. The fraction of sp³-hybridized carbons (Fsp3) is 0.222. The molecule has 0 spiro atoms. The third-order valence-electron chi connectivity index (χ3n) is 1.59. The van der Waals surface area contributed by atoms with Crippen molar-refractivity contribution in [2.24, 2.45) is 4.99 Å². The van der Waals surface area contributed by atoms with Gasteiger partial charge in [0, 0.05) is 5.56 Å². The zero-order valence-corrected chi connectivity index (χ0v) is 12.1. The molecule has 0 aliphatic heterocycles. The van der Waals surface area contributed by atoms with E-state index in [1.165, 1.54) is 0 Å². The largest absolute Gasteiger partial charge is 0.243 e. The zero-order valence-electron chi connectivity index (χ0n) is 7.60. The van der Waals surface area contributed by atoms with E-state index in [9.17, 15) is 0 Å². The minimum atomic E-state index is -1.84. The first-order valence-corrected chi connectivity index (χ1v) is 6.26. The number of hydrogen-bond acceptors (Lipinski definition) is 1. The van der Waals surface area contributed by atoms with Crippen LogP contribution in [0.4, 0.5) is 0 Å². The highest BCUT2D eigenvalue weighted by atomic mass is 35.6. The van der Waals surface area contributed by atoms with Crippen molar-refractivity contribution in [3.63, 3.8) is 0 Å². The lowest BCUT2D eigenvalue weighted by Gasteiger charge is -2.17. The number of halogens is 6. The van der Waals surface area contributed by atoms with Crippen molar-refractivity contribution in [2.45, 2.75) is 8.25 Å². The van der Waals surface area contributed by atoms with E-state index in [-0.39, 0.29) is 5.17 Å². The lowest BCUT2D eigenvalue weighted by atomic mass is 10.2. The Bertz CT molecular complexity index is 381. The van der Waals surface area contributed by atoms with Crippen molar-refractivity contribution in [3.8, 4) is 0 Å². The minimum absolute atomic E-state index is 0.300. The van der Waals surface area contributed by atoms with Crippen LogP contribution in [0.25, 0.3) is 0 Å². The maximum absolute atomic E-state index is 5.98. The Kier molecular flexibility index (Phi) is 5.06. The van der Waals surface area contributed by atoms with E-state index < -0.39 is 8.25 Å². The predicted octanol–water partition coefficient (Wildman–Crippen LogP) is 5.28. The van der Waals surface area contributed by atoms with Gasteiger partial charge in [-0.25, -0.2) is 4.99 Å². The lowest BCUT2D eigenvalue weighted by molar-refractivity contribution is 0.918. The van der Waals surface area contributed by atoms with Gasteiger partial charge in [0.1, 0.15) is 0 Å². The van der Waals surface area contributed by atoms with Crippen molar-refractivity contribution in [1.82, 2.24) is 0 Å². The molecule has 0 N–H and O–H groups in total. The van der Waals surface area contributed by atoms with Gasteiger partial charge in [-0.05, 0) is 0 Å². The van der Waals surface area contributed by atoms with E-state index in [0.29, 0.717) is 5.56 Å². The van der Waals surface area contributed by atoms with Crippen LogP contribution in [0.1, 0.15) is 5.56 Å². The highest BCUT2D eigenvalue weighted by Gasteiger charge is 2.32. The summed E-state index contributed by atoms with van der Waals surface area (Å²) >= 11 is 34.2. The minimum Gasteiger partial charge on any atom is -0.230 e. The molecule has 88 valence electrons. The highest BCUT2D eigenvalue weighted by Crippen LogP contribution is 2.39. The average Bonchev–Trinajstić information content (AvgIpc) is 2.17. The Morgan fingerprint density at radius 1 is 0.938 bits per heavy atom. The second-order valence-electron chi connectivity index (χ2n) is 2.81. The molecule has 0 fully saturated rings. The number of benzene rings is 1. The van der Waals surface area contributed by atoms with Gasteiger partial charge >= 0.3 is 0 Å². The highest BCUT2D eigenvalue weighted by molar-refractivity contribution is 6.89. The Hall–Kier alpha value is 0.630. The molecular formula is C9H5Cl6N. The van der Waals surface area contributed by atoms with Crippen LogP contribution in [0, 0.1) is 0 Å². The fourth-order valence-electron chi connectivity index (χ4n) is 0.890. The van der Waals surface area contributed by atoms with Crippen molar-refractivity contribution in [2.75, 3.05) is 0 Å². The maximum atomic E-state index is 5.98. The molecule has 0 unspecified atom stereocenters. The second kappa shape index (κ2) is 5.51. The monoisotopic (exact) mass is 337 g/mol. The molecule has 1 aromatic rings. The van der Waals surface area contributed by atoms with Gasteiger partial charge in [0.05, 0.1) is 0 Å². The lowest BCUT2D eigenvalue weighted by Crippen LogP contribution is -2.18. The topological polar surface area (TPSA) is 12.4 Å². The first-order valence-electron chi connectivity index (χ1n) is 3.99. The van der Waals surface area contributed by atoms with Gasteiger partial charge in [0.25, 0.3) is 0 Å². The molecule has 16 heavy (non-hydrogen) atoms. The van der Waals surface area contributed by atoms with E-state index in [1.807, 2.05) is 6.07 Å². The third-order valence-corrected chi connectivity index (χ3v) is 3.39. The molecule has 1 aromatic carbocycles. The first-order chi connectivity index (χ1) is 7.23. The molecule has 0 radical (unpaired) electrons. The number of nitrogens with zero attached hydrogens (tertiary/aromatic N) is 1. The van der Waals surface area contributed by atoms with Gasteiger partial charge in [-0.15, -0.1) is 0 Å². The molecule has 0 saturated carbocycles. The average molecular weight is 340 g/mol. The third kappa shape index (κ3) is 4.14. The van der Waals surface area contributed by atoms with Crippen molar-refractivity contribution in [1.29, 1.82) is 0 Å². The van der Waals surface area contributed by atoms with Gasteiger partial charge < -0.3 is 0 Å². The SMILES string of the molecule is ClC(=NC(Cl)(Cl)c1ccccc1)C(Cl)(Cl)Cl. The Balaban J connectivity index is 3.05. The van der Waals surface area contributed by atoms with Gasteiger partial charge in [-0.1, -0.05) is 99.9 Å². The Morgan fingerprint density at radius 3 is 1.88 bits per heavy atom. The number of aliphatic imine (C=N–C) groups is 1. The van der Waals surface area contributed by atoms with Crippen molar-refractivity contribution >= 4 is 74.8 Å². The zero-order chi connectivity index (χ0) is 12.4. The van der Waals surface area contributed by atoms with Crippen LogP contribution >= 0.6 is 69.6 Å². The van der Waals surface area contributed by atoms with E-state index in [0.717, 1.165) is 0 Å². The number of hydrogen-bond donors (Lipinski definition) is 0. The summed E-state index contributed by atoms with van der Waals surface area (Å²) in [6.45, 7) is 0. The van der Waals surface area contributed by atoms with Crippen LogP contribution in [-0.2, 0) is 4.46 Å². The first kappa shape index (κ1) is 14.7. The van der Waals surface area contributed by atoms with Crippen LogP contribution < -0.4 is 0 Å². The standard InChI is InChI=1S/C9H5Cl6N/c10-7(8(11,12)13)16-9(14,15)6-4-2-1-3-5-6/h1-5H. The summed E-state index contributed by atoms with van der Waals surface area (Å²) in [4.78, 5) is 3.77. The summed E-state index contributed by atoms with van der Waals surface area (Å²) in [6.07, 6.45) is 0. The van der Waals surface area contributed by atoms with Gasteiger partial charge in [0.2, 0.25) is 8.25 Å². The van der Waals surface area contributed by atoms with Crippen LogP contribution in [0.5, 0.6) is 0 Å². The van der Waals surface area contributed by atoms with Gasteiger partial charge in [-0.3, -0.25) is 0 Å². The maximum Gasteiger partial charge on any atom is 0.243 e. The normalized spacial score (nSPS) is 14.0. The summed E-state index contributed by atoms with van der Waals surface area (Å²) in [5.74, 6) is 0. The summed E-state index contributed by atoms with van der Waals surface area (Å²) in [5, 5.41) is -0.300. The molecule has 0 amide bonds. The molecule has 0 aliphatic rings. The molecule has 1 nitrogen and oxygen atoms in total. The second-order valence-corrected chi connectivity index (χ2v) is 6.73. The van der Waals surface area contributed by atoms with E-state index in [4.69, 9.17) is 69.6 Å².